The third-order valence-corrected chi connectivity index (χ3v) is 3.60. The Bertz CT molecular complexity index is 612. The van der Waals surface area contributed by atoms with Crippen LogP contribution in [-0.4, -0.2) is 33.5 Å². The first-order valence-corrected chi connectivity index (χ1v) is 7.79. The highest BCUT2D eigenvalue weighted by atomic mass is 16.3. The Morgan fingerprint density at radius 3 is 2.74 bits per heavy atom. The zero-order chi connectivity index (χ0) is 16.7. The predicted octanol–water partition coefficient (Wildman–Crippen LogP) is 1.77. The number of aryl methyl sites for hydroxylation is 1. The van der Waals surface area contributed by atoms with Crippen molar-refractivity contribution in [3.8, 4) is 0 Å². The van der Waals surface area contributed by atoms with Crippen molar-refractivity contribution in [2.45, 2.75) is 31.9 Å². The molecule has 2 amide bonds. The average Bonchev–Trinajstić information content (AvgIpc) is 2.93. The van der Waals surface area contributed by atoms with E-state index < -0.39 is 6.10 Å². The highest BCUT2D eigenvalue weighted by Crippen LogP contribution is 2.17. The zero-order valence-electron chi connectivity index (χ0n) is 13.6. The van der Waals surface area contributed by atoms with Gasteiger partial charge in [-0.2, -0.15) is 5.10 Å². The Kier molecular flexibility index (Phi) is 6.17. The van der Waals surface area contributed by atoms with Gasteiger partial charge in [0.15, 0.2) is 0 Å². The lowest BCUT2D eigenvalue weighted by atomic mass is 10.0. The summed E-state index contributed by atoms with van der Waals surface area (Å²) in [6.07, 6.45) is 4.35. The SMILES string of the molecule is CC(CC(O)c1ccccc1)NC(=O)NCCc1cnn(C)c1. The molecule has 2 atom stereocenters. The molecule has 3 N–H and O–H groups in total. The minimum Gasteiger partial charge on any atom is -0.388 e. The third kappa shape index (κ3) is 5.75. The largest absolute Gasteiger partial charge is 0.388 e. The number of aliphatic hydroxyl groups excluding tert-OH is 1. The summed E-state index contributed by atoms with van der Waals surface area (Å²) in [5.41, 5.74) is 1.94. The Morgan fingerprint density at radius 1 is 1.35 bits per heavy atom. The lowest BCUT2D eigenvalue weighted by Gasteiger charge is -2.18. The molecule has 0 saturated heterocycles. The fourth-order valence-corrected chi connectivity index (χ4v) is 2.40. The van der Waals surface area contributed by atoms with Crippen LogP contribution in [-0.2, 0) is 13.5 Å². The molecule has 124 valence electrons. The second-order valence-corrected chi connectivity index (χ2v) is 5.74. The van der Waals surface area contributed by atoms with Crippen molar-refractivity contribution in [1.29, 1.82) is 0 Å². The molecule has 0 fully saturated rings. The molecule has 1 aromatic carbocycles. The monoisotopic (exact) mass is 316 g/mol. The fourth-order valence-electron chi connectivity index (χ4n) is 2.40. The molecule has 6 nitrogen and oxygen atoms in total. The van der Waals surface area contributed by atoms with Crippen molar-refractivity contribution < 1.29 is 9.90 Å². The van der Waals surface area contributed by atoms with Gasteiger partial charge in [-0.15, -0.1) is 0 Å². The molecular weight excluding hydrogens is 292 g/mol. The summed E-state index contributed by atoms with van der Waals surface area (Å²) < 4.78 is 1.74. The van der Waals surface area contributed by atoms with E-state index in [1.807, 2.05) is 50.5 Å². The Morgan fingerprint density at radius 2 is 2.09 bits per heavy atom. The molecule has 1 heterocycles. The van der Waals surface area contributed by atoms with Crippen LogP contribution in [0.3, 0.4) is 0 Å². The average molecular weight is 316 g/mol. The molecule has 0 bridgehead atoms. The van der Waals surface area contributed by atoms with Crippen LogP contribution in [0.1, 0.15) is 30.6 Å². The van der Waals surface area contributed by atoms with E-state index in [1.54, 1.807) is 10.9 Å². The van der Waals surface area contributed by atoms with E-state index in [4.69, 9.17) is 0 Å². The molecular formula is C17H24N4O2. The standard InChI is InChI=1S/C17H24N4O2/c1-13(10-16(22)15-6-4-3-5-7-15)20-17(23)18-9-8-14-11-19-21(2)12-14/h3-7,11-13,16,22H,8-10H2,1-2H3,(H2,18,20,23). The summed E-state index contributed by atoms with van der Waals surface area (Å²) >= 11 is 0. The zero-order valence-corrected chi connectivity index (χ0v) is 13.6. The third-order valence-electron chi connectivity index (χ3n) is 3.60. The molecule has 0 aliphatic heterocycles. The summed E-state index contributed by atoms with van der Waals surface area (Å²) in [6, 6.07) is 9.11. The Balaban J connectivity index is 1.68. The lowest BCUT2D eigenvalue weighted by molar-refractivity contribution is 0.154. The molecule has 0 aliphatic rings. The number of hydrogen-bond acceptors (Lipinski definition) is 3. The number of urea groups is 1. The van der Waals surface area contributed by atoms with E-state index in [0.717, 1.165) is 17.5 Å². The van der Waals surface area contributed by atoms with Crippen LogP contribution >= 0.6 is 0 Å². The van der Waals surface area contributed by atoms with E-state index in [-0.39, 0.29) is 12.1 Å². The Hall–Kier alpha value is -2.34. The molecule has 0 radical (unpaired) electrons. The summed E-state index contributed by atoms with van der Waals surface area (Å²) in [7, 11) is 1.86. The number of carbonyl (C=O) groups excluding carboxylic acids is 1. The molecule has 23 heavy (non-hydrogen) atoms. The molecule has 0 aliphatic carbocycles. The molecule has 0 saturated carbocycles. The van der Waals surface area contributed by atoms with Gasteiger partial charge in [-0.1, -0.05) is 30.3 Å². The summed E-state index contributed by atoms with van der Waals surface area (Å²) in [4.78, 5) is 11.8. The van der Waals surface area contributed by atoms with E-state index in [9.17, 15) is 9.90 Å². The number of aliphatic hydroxyl groups is 1. The number of aromatic nitrogens is 2. The van der Waals surface area contributed by atoms with Crippen molar-refractivity contribution >= 4 is 6.03 Å². The summed E-state index contributed by atoms with van der Waals surface area (Å²) in [5.74, 6) is 0. The van der Waals surface area contributed by atoms with E-state index in [0.29, 0.717) is 13.0 Å². The van der Waals surface area contributed by atoms with Gasteiger partial charge in [0.05, 0.1) is 12.3 Å². The number of hydrogen-bond donors (Lipinski definition) is 3. The smallest absolute Gasteiger partial charge is 0.315 e. The summed E-state index contributed by atoms with van der Waals surface area (Å²) in [5, 5.41) is 19.9. The van der Waals surface area contributed by atoms with Crippen molar-refractivity contribution in [1.82, 2.24) is 20.4 Å². The minimum atomic E-state index is -0.582. The highest BCUT2D eigenvalue weighted by molar-refractivity contribution is 5.74. The van der Waals surface area contributed by atoms with Crippen LogP contribution in [0.25, 0.3) is 0 Å². The van der Waals surface area contributed by atoms with Crippen molar-refractivity contribution in [2.24, 2.45) is 7.05 Å². The molecule has 2 aromatic rings. The number of nitrogens with one attached hydrogen (secondary N) is 2. The van der Waals surface area contributed by atoms with Crippen LogP contribution < -0.4 is 10.6 Å². The normalized spacial score (nSPS) is 13.3. The van der Waals surface area contributed by atoms with Gasteiger partial charge >= 0.3 is 6.03 Å². The first-order chi connectivity index (χ1) is 11.0. The van der Waals surface area contributed by atoms with Gasteiger partial charge < -0.3 is 15.7 Å². The number of benzene rings is 1. The number of carbonyl (C=O) groups is 1. The van der Waals surface area contributed by atoms with Crippen LogP contribution in [0, 0.1) is 0 Å². The van der Waals surface area contributed by atoms with Crippen molar-refractivity contribution in [3.63, 3.8) is 0 Å². The number of rotatable bonds is 7. The second kappa shape index (κ2) is 8.33. The van der Waals surface area contributed by atoms with Crippen molar-refractivity contribution in [3.05, 3.63) is 53.9 Å². The van der Waals surface area contributed by atoms with Gasteiger partial charge in [-0.05, 0) is 30.9 Å². The maximum absolute atomic E-state index is 11.8. The molecule has 2 unspecified atom stereocenters. The maximum Gasteiger partial charge on any atom is 0.315 e. The molecule has 6 heteroatoms. The van der Waals surface area contributed by atoms with Crippen LogP contribution in [0.5, 0.6) is 0 Å². The molecule has 1 aromatic heterocycles. The Labute approximate surface area is 136 Å². The fraction of sp³-hybridized carbons (Fsp3) is 0.412. The van der Waals surface area contributed by atoms with Crippen LogP contribution in [0.2, 0.25) is 0 Å². The maximum atomic E-state index is 11.8. The van der Waals surface area contributed by atoms with Crippen LogP contribution in [0.15, 0.2) is 42.7 Å². The van der Waals surface area contributed by atoms with E-state index in [1.165, 1.54) is 0 Å². The quantitative estimate of drug-likeness (QED) is 0.728. The van der Waals surface area contributed by atoms with E-state index >= 15 is 0 Å². The van der Waals surface area contributed by atoms with E-state index in [2.05, 4.69) is 15.7 Å². The van der Waals surface area contributed by atoms with Gasteiger partial charge in [0, 0.05) is 25.8 Å². The van der Waals surface area contributed by atoms with Crippen molar-refractivity contribution in [2.75, 3.05) is 6.54 Å². The first-order valence-electron chi connectivity index (χ1n) is 7.79. The van der Waals surface area contributed by atoms with Gasteiger partial charge in [-0.25, -0.2) is 4.79 Å². The van der Waals surface area contributed by atoms with Gasteiger partial charge in [0.25, 0.3) is 0 Å². The molecule has 0 spiro atoms. The first kappa shape index (κ1) is 17.0. The second-order valence-electron chi connectivity index (χ2n) is 5.74. The molecule has 2 rings (SSSR count). The topological polar surface area (TPSA) is 79.2 Å². The van der Waals surface area contributed by atoms with Crippen LogP contribution in [0.4, 0.5) is 4.79 Å². The number of nitrogens with zero attached hydrogens (tertiary/aromatic N) is 2. The minimum absolute atomic E-state index is 0.122. The predicted molar refractivity (Wildman–Crippen MR) is 88.9 cm³/mol. The van der Waals surface area contributed by atoms with Gasteiger partial charge in [0.2, 0.25) is 0 Å². The van der Waals surface area contributed by atoms with Gasteiger partial charge in [0.1, 0.15) is 0 Å². The highest BCUT2D eigenvalue weighted by Gasteiger charge is 2.14. The lowest BCUT2D eigenvalue weighted by Crippen LogP contribution is -2.42. The summed E-state index contributed by atoms with van der Waals surface area (Å²) in [6.45, 7) is 2.43. The number of amides is 2. The van der Waals surface area contributed by atoms with Gasteiger partial charge in [-0.3, -0.25) is 4.68 Å².